The zero-order valence-corrected chi connectivity index (χ0v) is 12.3. The minimum atomic E-state index is -0.937. The second-order valence-corrected chi connectivity index (χ2v) is 5.63. The Bertz CT molecular complexity index is 748. The average molecular weight is 302 g/mol. The van der Waals surface area contributed by atoms with Crippen LogP contribution in [0.2, 0.25) is 0 Å². The van der Waals surface area contributed by atoms with E-state index < -0.39 is 12.1 Å². The predicted octanol–water partition coefficient (Wildman–Crippen LogP) is 1.91. The first-order valence-corrected chi connectivity index (χ1v) is 7.30. The summed E-state index contributed by atoms with van der Waals surface area (Å²) in [5.74, 6) is -0.837. The number of carbonyl (C=O) groups excluding carboxylic acids is 1. The molecule has 0 saturated carbocycles. The number of hydrogen-bond donors (Lipinski definition) is 2. The van der Waals surface area contributed by atoms with E-state index in [0.717, 1.165) is 23.0 Å². The molecular weight excluding hydrogens is 284 g/mol. The van der Waals surface area contributed by atoms with E-state index in [4.69, 9.17) is 5.11 Å². The number of carboxylic acid groups (broad SMARTS) is 1. The summed E-state index contributed by atoms with van der Waals surface area (Å²) in [5.41, 5.74) is 2.21. The molecule has 1 amide bonds. The van der Waals surface area contributed by atoms with Gasteiger partial charge in [0.2, 0.25) is 5.91 Å². The zero-order valence-electron chi connectivity index (χ0n) is 12.3. The van der Waals surface area contributed by atoms with Crippen LogP contribution in [-0.2, 0) is 16.1 Å². The first-order chi connectivity index (χ1) is 10.5. The van der Waals surface area contributed by atoms with Crippen LogP contribution in [0.3, 0.4) is 0 Å². The second-order valence-electron chi connectivity index (χ2n) is 5.63. The highest BCUT2D eigenvalue weighted by Gasteiger charge is 2.23. The van der Waals surface area contributed by atoms with E-state index in [-0.39, 0.29) is 12.5 Å². The molecule has 1 fully saturated rings. The van der Waals surface area contributed by atoms with Crippen LogP contribution >= 0.6 is 0 Å². The van der Waals surface area contributed by atoms with Crippen molar-refractivity contribution in [2.45, 2.75) is 32.4 Å². The summed E-state index contributed by atoms with van der Waals surface area (Å²) in [7, 11) is 0. The number of rotatable bonds is 4. The number of fused-ring (bicyclic) bond motifs is 1. The summed E-state index contributed by atoms with van der Waals surface area (Å²) in [5, 5.41) is 19.7. The van der Waals surface area contributed by atoms with Gasteiger partial charge in [-0.25, -0.2) is 0 Å². The molecule has 1 aliphatic heterocycles. The van der Waals surface area contributed by atoms with E-state index in [1.165, 1.54) is 0 Å². The molecule has 1 atom stereocenters. The van der Waals surface area contributed by atoms with Gasteiger partial charge in [-0.05, 0) is 31.5 Å². The lowest BCUT2D eigenvalue weighted by Crippen LogP contribution is -2.23. The Balaban J connectivity index is 2.11. The second kappa shape index (κ2) is 5.46. The molecule has 2 aromatic rings. The number of aliphatic carboxylic acids is 1. The van der Waals surface area contributed by atoms with E-state index in [2.05, 4.69) is 0 Å². The van der Waals surface area contributed by atoms with E-state index in [1.807, 2.05) is 18.2 Å². The quantitative estimate of drug-likeness (QED) is 0.903. The highest BCUT2D eigenvalue weighted by Crippen LogP contribution is 2.31. The zero-order chi connectivity index (χ0) is 15.9. The molecule has 3 rings (SSSR count). The van der Waals surface area contributed by atoms with Crippen molar-refractivity contribution in [2.75, 3.05) is 11.4 Å². The number of carbonyl (C=O) groups is 2. The molecule has 6 heteroatoms. The largest absolute Gasteiger partial charge is 0.480 e. The molecule has 2 N–H and O–H groups in total. The molecule has 6 nitrogen and oxygen atoms in total. The summed E-state index contributed by atoms with van der Waals surface area (Å²) in [4.78, 5) is 24.6. The molecule has 0 aliphatic carbocycles. The van der Waals surface area contributed by atoms with Crippen LogP contribution in [0, 0.1) is 0 Å². The van der Waals surface area contributed by atoms with Crippen molar-refractivity contribution in [3.8, 4) is 0 Å². The predicted molar refractivity (Wildman–Crippen MR) is 81.8 cm³/mol. The van der Waals surface area contributed by atoms with Crippen molar-refractivity contribution in [1.29, 1.82) is 0 Å². The van der Waals surface area contributed by atoms with Crippen molar-refractivity contribution in [1.82, 2.24) is 4.57 Å². The van der Waals surface area contributed by atoms with Gasteiger partial charge in [0.15, 0.2) is 0 Å². The van der Waals surface area contributed by atoms with Gasteiger partial charge >= 0.3 is 5.97 Å². The number of anilines is 1. The maximum absolute atomic E-state index is 11.9. The fourth-order valence-electron chi connectivity index (χ4n) is 3.01. The number of carboxylic acids is 1. The average Bonchev–Trinajstić information content (AvgIpc) is 3.02. The molecule has 1 saturated heterocycles. The number of amides is 1. The lowest BCUT2D eigenvalue weighted by molar-refractivity contribution is -0.137. The maximum Gasteiger partial charge on any atom is 0.323 e. The molecule has 1 unspecified atom stereocenters. The van der Waals surface area contributed by atoms with Gasteiger partial charge in [-0.1, -0.05) is 0 Å². The van der Waals surface area contributed by atoms with Gasteiger partial charge in [-0.15, -0.1) is 0 Å². The van der Waals surface area contributed by atoms with Gasteiger partial charge in [-0.2, -0.15) is 0 Å². The molecule has 22 heavy (non-hydrogen) atoms. The minimum Gasteiger partial charge on any atom is -0.480 e. The Kier molecular flexibility index (Phi) is 3.62. The van der Waals surface area contributed by atoms with Crippen LogP contribution in [0.5, 0.6) is 0 Å². The Morgan fingerprint density at radius 2 is 2.18 bits per heavy atom. The summed E-state index contributed by atoms with van der Waals surface area (Å²) in [6.07, 6.45) is 2.36. The molecule has 1 aromatic heterocycles. The number of benzene rings is 1. The molecule has 1 aromatic carbocycles. The van der Waals surface area contributed by atoms with Crippen molar-refractivity contribution in [2.24, 2.45) is 0 Å². The molecule has 0 spiro atoms. The van der Waals surface area contributed by atoms with Crippen molar-refractivity contribution < 1.29 is 19.8 Å². The van der Waals surface area contributed by atoms with Crippen molar-refractivity contribution in [3.63, 3.8) is 0 Å². The van der Waals surface area contributed by atoms with Crippen LogP contribution in [0.4, 0.5) is 5.69 Å². The van der Waals surface area contributed by atoms with Gasteiger partial charge < -0.3 is 19.7 Å². The minimum absolute atomic E-state index is 0.0999. The standard InChI is InChI=1S/C16H18N2O4/c1-10(19)13-8-17(9-16(21)22)14-5-4-11(7-12(13)14)18-6-2-3-15(18)20/h4-5,7-8,10,19H,2-3,6,9H2,1H3,(H,21,22). The van der Waals surface area contributed by atoms with Crippen molar-refractivity contribution in [3.05, 3.63) is 30.0 Å². The molecule has 0 radical (unpaired) electrons. The summed E-state index contributed by atoms with van der Waals surface area (Å²) >= 11 is 0. The first kappa shape index (κ1) is 14.6. The fraction of sp³-hybridized carbons (Fsp3) is 0.375. The third kappa shape index (κ3) is 2.46. The first-order valence-electron chi connectivity index (χ1n) is 7.30. The van der Waals surface area contributed by atoms with Crippen LogP contribution in [0.15, 0.2) is 24.4 Å². The Morgan fingerprint density at radius 3 is 2.77 bits per heavy atom. The topological polar surface area (TPSA) is 82.8 Å². The van der Waals surface area contributed by atoms with E-state index in [1.54, 1.807) is 22.6 Å². The van der Waals surface area contributed by atoms with Gasteiger partial charge in [0.1, 0.15) is 6.54 Å². The number of aliphatic hydroxyl groups excluding tert-OH is 1. The molecule has 1 aliphatic rings. The van der Waals surface area contributed by atoms with Crippen molar-refractivity contribution >= 4 is 28.5 Å². The van der Waals surface area contributed by atoms with Crippen LogP contribution in [0.1, 0.15) is 31.4 Å². The normalized spacial score (nSPS) is 16.5. The monoisotopic (exact) mass is 302 g/mol. The van der Waals surface area contributed by atoms with Crippen LogP contribution in [0.25, 0.3) is 10.9 Å². The van der Waals surface area contributed by atoms with Gasteiger partial charge in [0.25, 0.3) is 0 Å². The number of nitrogens with zero attached hydrogens (tertiary/aromatic N) is 2. The van der Waals surface area contributed by atoms with Gasteiger partial charge in [0.05, 0.1) is 6.10 Å². The molecule has 0 bridgehead atoms. The molecule has 116 valence electrons. The highest BCUT2D eigenvalue weighted by atomic mass is 16.4. The SMILES string of the molecule is CC(O)c1cn(CC(=O)O)c2ccc(N3CCCC3=O)cc12. The van der Waals surface area contributed by atoms with E-state index in [0.29, 0.717) is 18.5 Å². The summed E-state index contributed by atoms with van der Waals surface area (Å²) in [6.45, 7) is 2.18. The summed E-state index contributed by atoms with van der Waals surface area (Å²) < 4.78 is 1.61. The van der Waals surface area contributed by atoms with Crippen LogP contribution < -0.4 is 4.90 Å². The lowest BCUT2D eigenvalue weighted by atomic mass is 10.1. The molecule has 2 heterocycles. The molecular formula is C16H18N2O4. The Hall–Kier alpha value is -2.34. The third-order valence-electron chi connectivity index (χ3n) is 4.04. The van der Waals surface area contributed by atoms with Gasteiger partial charge in [-0.3, -0.25) is 9.59 Å². The number of aliphatic hydroxyl groups is 1. The van der Waals surface area contributed by atoms with E-state index >= 15 is 0 Å². The fourth-order valence-corrected chi connectivity index (χ4v) is 3.01. The van der Waals surface area contributed by atoms with Gasteiger partial charge in [0, 0.05) is 41.3 Å². The maximum atomic E-state index is 11.9. The summed E-state index contributed by atoms with van der Waals surface area (Å²) in [6, 6.07) is 5.50. The van der Waals surface area contributed by atoms with E-state index in [9.17, 15) is 14.7 Å². The van der Waals surface area contributed by atoms with Crippen LogP contribution in [-0.4, -0.2) is 33.2 Å². The Morgan fingerprint density at radius 1 is 1.41 bits per heavy atom. The third-order valence-corrected chi connectivity index (χ3v) is 4.04. The number of hydrogen-bond acceptors (Lipinski definition) is 3. The Labute approximate surface area is 127 Å². The highest BCUT2D eigenvalue weighted by molar-refractivity contribution is 5.98. The smallest absolute Gasteiger partial charge is 0.323 e. The lowest BCUT2D eigenvalue weighted by Gasteiger charge is -2.16. The number of aromatic nitrogens is 1.